The number of nitrogens with two attached hydrogens (primary N) is 1. The van der Waals surface area contributed by atoms with Crippen molar-refractivity contribution in [1.82, 2.24) is 25.2 Å². The second kappa shape index (κ2) is 11.3. The number of carbonyl (C=O) groups excluding carboxylic acids is 1. The minimum Gasteiger partial charge on any atom is -0.382 e. The van der Waals surface area contributed by atoms with Crippen molar-refractivity contribution in [2.45, 2.75) is 25.7 Å². The number of hydrogen-bond donors (Lipinski definition) is 3. The van der Waals surface area contributed by atoms with E-state index in [0.29, 0.717) is 35.6 Å². The van der Waals surface area contributed by atoms with Crippen molar-refractivity contribution in [2.75, 3.05) is 30.7 Å². The average Bonchev–Trinajstić information content (AvgIpc) is 2.93. The summed E-state index contributed by atoms with van der Waals surface area (Å²) in [5.74, 6) is 5.64. The molecule has 1 aromatic carbocycles. The molecular formula is C29H26F3N7O. The number of carbonyl (C=O) groups is 1. The second-order valence-electron chi connectivity index (χ2n) is 9.58. The molecule has 3 aromatic heterocycles. The molecule has 1 saturated heterocycles. The fourth-order valence-electron chi connectivity index (χ4n) is 4.62. The zero-order valence-corrected chi connectivity index (χ0v) is 21.6. The number of amides is 1. The fraction of sp³-hybridized carbons (Fsp3) is 0.241. The quantitative estimate of drug-likeness (QED) is 0.332. The van der Waals surface area contributed by atoms with Gasteiger partial charge in [-0.3, -0.25) is 19.7 Å². The summed E-state index contributed by atoms with van der Waals surface area (Å²) in [5.41, 5.74) is 7.06. The smallest absolute Gasteiger partial charge is 0.382 e. The van der Waals surface area contributed by atoms with E-state index < -0.39 is 17.6 Å². The highest BCUT2D eigenvalue weighted by Gasteiger charge is 2.34. The third kappa shape index (κ3) is 6.20. The van der Waals surface area contributed by atoms with E-state index in [4.69, 9.17) is 5.73 Å². The van der Waals surface area contributed by atoms with Gasteiger partial charge in [0, 0.05) is 73.6 Å². The van der Waals surface area contributed by atoms with Gasteiger partial charge >= 0.3 is 6.18 Å². The van der Waals surface area contributed by atoms with Crippen molar-refractivity contribution in [2.24, 2.45) is 0 Å². The third-order valence-corrected chi connectivity index (χ3v) is 6.54. The molecular weight excluding hydrogens is 519 g/mol. The van der Waals surface area contributed by atoms with E-state index in [1.807, 2.05) is 17.9 Å². The molecule has 4 aromatic rings. The van der Waals surface area contributed by atoms with Gasteiger partial charge in [-0.05, 0) is 42.8 Å². The molecule has 0 aliphatic carbocycles. The number of piperazine rings is 1. The average molecular weight is 546 g/mol. The number of alkyl halides is 3. The van der Waals surface area contributed by atoms with Gasteiger partial charge < -0.3 is 16.4 Å². The minimum absolute atomic E-state index is 0.0400. The van der Waals surface area contributed by atoms with Gasteiger partial charge in [-0.2, -0.15) is 13.2 Å². The zero-order valence-electron chi connectivity index (χ0n) is 21.6. The lowest BCUT2D eigenvalue weighted by Gasteiger charge is -2.32. The number of hydrogen-bond acceptors (Lipinski definition) is 7. The lowest BCUT2D eigenvalue weighted by molar-refractivity contribution is -0.138. The lowest BCUT2D eigenvalue weighted by atomic mass is 10.0. The van der Waals surface area contributed by atoms with Crippen molar-refractivity contribution in [3.8, 4) is 11.8 Å². The maximum absolute atomic E-state index is 13.9. The van der Waals surface area contributed by atoms with Gasteiger partial charge in [0.05, 0.1) is 16.7 Å². The molecule has 40 heavy (non-hydrogen) atoms. The number of aromatic nitrogens is 3. The summed E-state index contributed by atoms with van der Waals surface area (Å²) in [6, 6.07) is 9.20. The second-order valence-corrected chi connectivity index (χ2v) is 9.58. The number of nitrogen functional groups attached to an aromatic ring is 1. The highest BCUT2D eigenvalue weighted by molar-refractivity contribution is 6.04. The first-order chi connectivity index (χ1) is 19.2. The molecule has 11 heteroatoms. The van der Waals surface area contributed by atoms with Crippen LogP contribution < -0.4 is 16.4 Å². The summed E-state index contributed by atoms with van der Waals surface area (Å²) in [5, 5.41) is 6.58. The van der Waals surface area contributed by atoms with E-state index in [0.717, 1.165) is 18.0 Å². The van der Waals surface area contributed by atoms with Crippen LogP contribution in [0.1, 0.15) is 39.5 Å². The van der Waals surface area contributed by atoms with Crippen molar-refractivity contribution < 1.29 is 18.0 Å². The topological polar surface area (TPSA) is 109 Å². The largest absolute Gasteiger partial charge is 0.416 e. The fourth-order valence-corrected chi connectivity index (χ4v) is 4.62. The van der Waals surface area contributed by atoms with Gasteiger partial charge in [0.25, 0.3) is 5.91 Å². The number of anilines is 2. The summed E-state index contributed by atoms with van der Waals surface area (Å²) in [4.78, 5) is 27.4. The van der Waals surface area contributed by atoms with E-state index in [-0.39, 0.29) is 29.4 Å². The number of benzene rings is 1. The molecule has 1 aliphatic heterocycles. The Morgan fingerprint density at radius 3 is 2.83 bits per heavy atom. The Morgan fingerprint density at radius 1 is 1.18 bits per heavy atom. The first-order valence-corrected chi connectivity index (χ1v) is 12.6. The Hall–Kier alpha value is -4.53. The Balaban J connectivity index is 1.35. The summed E-state index contributed by atoms with van der Waals surface area (Å²) in [6.07, 6.45) is 1.41. The van der Waals surface area contributed by atoms with Gasteiger partial charge in [0.1, 0.15) is 11.3 Å². The maximum Gasteiger partial charge on any atom is 0.416 e. The third-order valence-electron chi connectivity index (χ3n) is 6.54. The lowest BCUT2D eigenvalue weighted by Crippen LogP contribution is -2.48. The van der Waals surface area contributed by atoms with E-state index in [1.165, 1.54) is 30.6 Å². The number of pyridine rings is 3. The number of nitrogens with one attached hydrogen (secondary N) is 2. The Labute approximate surface area is 228 Å². The van der Waals surface area contributed by atoms with Gasteiger partial charge in [-0.25, -0.2) is 4.98 Å². The number of nitrogens with zero attached hydrogens (tertiary/aromatic N) is 4. The van der Waals surface area contributed by atoms with E-state index in [2.05, 4.69) is 37.4 Å². The molecule has 204 valence electrons. The normalized spacial score (nSPS) is 15.8. The predicted molar refractivity (Wildman–Crippen MR) is 146 cm³/mol. The molecule has 0 bridgehead atoms. The number of rotatable bonds is 4. The highest BCUT2D eigenvalue weighted by Crippen LogP contribution is 2.34. The molecule has 1 atom stereocenters. The molecule has 4 N–H and O–H groups in total. The van der Waals surface area contributed by atoms with Crippen LogP contribution in [0.5, 0.6) is 0 Å². The summed E-state index contributed by atoms with van der Waals surface area (Å²) in [7, 11) is 0. The standard InChI is InChI=1S/C29H26F3N7O/c1-18-16-39(10-9-35-18)17-21-6-7-23(12-25(21)29(30,31)32)38-28(40)22-11-19(13-34-14-22)4-5-20-15-37-27(33)26-24(20)3-2-8-36-26/h2-3,6-8,11-15,18,35H,9-10,16-17H2,1H3,(H2,33,37)(H,38,40)/t18-/m1/s1. The van der Waals surface area contributed by atoms with Crippen molar-refractivity contribution in [1.29, 1.82) is 0 Å². The van der Waals surface area contributed by atoms with Crippen LogP contribution in [0, 0.1) is 11.8 Å². The van der Waals surface area contributed by atoms with E-state index in [9.17, 15) is 18.0 Å². The Morgan fingerprint density at radius 2 is 2.02 bits per heavy atom. The zero-order chi connectivity index (χ0) is 28.3. The van der Waals surface area contributed by atoms with Crippen LogP contribution in [0.25, 0.3) is 10.9 Å². The summed E-state index contributed by atoms with van der Waals surface area (Å²) < 4.78 is 41.8. The van der Waals surface area contributed by atoms with Gasteiger partial charge in [-0.1, -0.05) is 17.9 Å². The van der Waals surface area contributed by atoms with Crippen LogP contribution in [-0.4, -0.2) is 51.4 Å². The van der Waals surface area contributed by atoms with Crippen LogP contribution in [0.4, 0.5) is 24.7 Å². The van der Waals surface area contributed by atoms with Crippen molar-refractivity contribution in [3.63, 3.8) is 0 Å². The Kier molecular flexibility index (Phi) is 7.64. The van der Waals surface area contributed by atoms with E-state index >= 15 is 0 Å². The Bertz CT molecular complexity index is 1630. The summed E-state index contributed by atoms with van der Waals surface area (Å²) in [6.45, 7) is 4.21. The molecule has 1 fully saturated rings. The SMILES string of the molecule is C[C@@H]1CN(Cc2ccc(NC(=O)c3cncc(C#Cc4cnc(N)c5ncccc45)c3)cc2C(F)(F)F)CCN1. The predicted octanol–water partition coefficient (Wildman–Crippen LogP) is 4.07. The molecule has 0 unspecified atom stereocenters. The van der Waals surface area contributed by atoms with Crippen LogP contribution in [-0.2, 0) is 12.7 Å². The van der Waals surface area contributed by atoms with Crippen LogP contribution in [0.3, 0.4) is 0 Å². The molecule has 0 saturated carbocycles. The molecule has 0 spiro atoms. The maximum atomic E-state index is 13.9. The van der Waals surface area contributed by atoms with Crippen molar-refractivity contribution in [3.05, 3.63) is 89.0 Å². The van der Waals surface area contributed by atoms with Crippen LogP contribution in [0.15, 0.2) is 61.2 Å². The van der Waals surface area contributed by atoms with Gasteiger partial charge in [0.2, 0.25) is 0 Å². The van der Waals surface area contributed by atoms with Crippen LogP contribution in [0.2, 0.25) is 0 Å². The highest BCUT2D eigenvalue weighted by atomic mass is 19.4. The summed E-state index contributed by atoms with van der Waals surface area (Å²) >= 11 is 0. The molecule has 4 heterocycles. The molecule has 5 rings (SSSR count). The van der Waals surface area contributed by atoms with E-state index in [1.54, 1.807) is 18.5 Å². The molecule has 8 nitrogen and oxygen atoms in total. The van der Waals surface area contributed by atoms with Crippen molar-refractivity contribution >= 4 is 28.3 Å². The number of halogens is 3. The number of fused-ring (bicyclic) bond motifs is 1. The van der Waals surface area contributed by atoms with Gasteiger partial charge in [0.15, 0.2) is 0 Å². The first kappa shape index (κ1) is 27.1. The monoisotopic (exact) mass is 545 g/mol. The van der Waals surface area contributed by atoms with Gasteiger partial charge in [-0.15, -0.1) is 0 Å². The molecule has 1 aliphatic rings. The first-order valence-electron chi connectivity index (χ1n) is 12.6. The molecule has 1 amide bonds. The van der Waals surface area contributed by atoms with Crippen LogP contribution >= 0.6 is 0 Å². The minimum atomic E-state index is -4.57. The molecule has 0 radical (unpaired) electrons.